The highest BCUT2D eigenvalue weighted by Crippen LogP contribution is 2.41. The van der Waals surface area contributed by atoms with Gasteiger partial charge in [0.25, 0.3) is 0 Å². The van der Waals surface area contributed by atoms with Crippen molar-refractivity contribution < 1.29 is 13.9 Å². The molecule has 0 spiro atoms. The van der Waals surface area contributed by atoms with Crippen molar-refractivity contribution in [3.8, 4) is 11.3 Å². The Bertz CT molecular complexity index is 1130. The molecule has 1 aromatic carbocycles. The third-order valence-electron chi connectivity index (χ3n) is 5.47. The topological polar surface area (TPSA) is 103 Å². The Hall–Kier alpha value is -2.62. The van der Waals surface area contributed by atoms with E-state index in [1.807, 2.05) is 64.2 Å². The maximum Gasteiger partial charge on any atom is 0.229 e. The van der Waals surface area contributed by atoms with E-state index in [1.54, 1.807) is 4.52 Å². The predicted octanol–water partition coefficient (Wildman–Crippen LogP) is 4.26. The molecule has 0 radical (unpaired) electrons. The molecule has 0 unspecified atom stereocenters. The number of benzene rings is 1. The van der Waals surface area contributed by atoms with Crippen molar-refractivity contribution in [1.29, 1.82) is 0 Å². The molecule has 1 saturated heterocycles. The maximum absolute atomic E-state index is 12.4. The minimum Gasteiger partial charge on any atom is -0.352 e. The van der Waals surface area contributed by atoms with Crippen molar-refractivity contribution in [3.05, 3.63) is 42.1 Å². The van der Waals surface area contributed by atoms with E-state index in [1.165, 1.54) is 0 Å². The Morgan fingerprint density at radius 3 is 2.52 bits per heavy atom. The molecule has 0 saturated carbocycles. The first kappa shape index (κ1) is 21.6. The van der Waals surface area contributed by atoms with Gasteiger partial charge in [-0.2, -0.15) is 10.6 Å². The van der Waals surface area contributed by atoms with E-state index in [4.69, 9.17) is 0 Å². The summed E-state index contributed by atoms with van der Waals surface area (Å²) in [6.07, 6.45) is 1.87. The van der Waals surface area contributed by atoms with Gasteiger partial charge in [0.2, 0.25) is 5.91 Å². The molecule has 4 rings (SSSR count). The normalized spacial score (nSPS) is 17.5. The molecule has 1 aliphatic heterocycles. The fourth-order valence-electron chi connectivity index (χ4n) is 3.36. The number of imidazole rings is 1. The van der Waals surface area contributed by atoms with Crippen LogP contribution in [0.5, 0.6) is 0 Å². The summed E-state index contributed by atoms with van der Waals surface area (Å²) in [4.78, 5) is 19.2. The number of aryl methyl sites for hydroxylation is 1. The van der Waals surface area contributed by atoms with Gasteiger partial charge in [-0.1, -0.05) is 32.9 Å². The summed E-state index contributed by atoms with van der Waals surface area (Å²) in [6, 6.07) is 9.72. The number of anilines is 2. The molecule has 166 valence electrons. The fraction of sp³-hybridized carbons (Fsp3) is 0.409. The SMILES string of the molecule is Cc1ccc(-c2cn3nc(N4CCS(O)(O)CC4)ccc3n2)cc1NC(=O)C(C)(C)C. The van der Waals surface area contributed by atoms with Crippen LogP contribution in [0.4, 0.5) is 11.5 Å². The summed E-state index contributed by atoms with van der Waals surface area (Å²) in [5.41, 5.74) is 3.67. The maximum atomic E-state index is 12.4. The van der Waals surface area contributed by atoms with Crippen molar-refractivity contribution in [2.45, 2.75) is 27.7 Å². The molecule has 0 atom stereocenters. The van der Waals surface area contributed by atoms with Gasteiger partial charge in [0.1, 0.15) is 5.82 Å². The number of carbonyl (C=O) groups is 1. The van der Waals surface area contributed by atoms with Gasteiger partial charge in [-0.15, -0.1) is 5.10 Å². The highest BCUT2D eigenvalue weighted by atomic mass is 32.3. The van der Waals surface area contributed by atoms with Crippen LogP contribution in [0.25, 0.3) is 16.9 Å². The minimum atomic E-state index is -2.44. The molecular weight excluding hydrogens is 414 g/mol. The average molecular weight is 444 g/mol. The lowest BCUT2D eigenvalue weighted by atomic mass is 9.95. The standard InChI is InChI=1S/C22H29N5O3S/c1-15-5-6-16(13-17(15)24-21(28)22(2,3)4)18-14-27-19(23-18)7-8-20(25-27)26-9-11-31(29,30)12-10-26/h5-8,13-14,29-30H,9-12H2,1-4H3,(H,24,28). The second-order valence-electron chi connectivity index (χ2n) is 9.05. The smallest absolute Gasteiger partial charge is 0.229 e. The highest BCUT2D eigenvalue weighted by Gasteiger charge is 2.24. The number of amides is 1. The second-order valence-corrected chi connectivity index (χ2v) is 11.5. The molecule has 31 heavy (non-hydrogen) atoms. The van der Waals surface area contributed by atoms with E-state index in [2.05, 4.69) is 20.3 Å². The van der Waals surface area contributed by atoms with Crippen molar-refractivity contribution in [3.63, 3.8) is 0 Å². The number of fused-ring (bicyclic) bond motifs is 1. The molecule has 0 aliphatic carbocycles. The van der Waals surface area contributed by atoms with E-state index >= 15 is 0 Å². The number of nitrogens with one attached hydrogen (secondary N) is 1. The molecule has 1 aliphatic rings. The van der Waals surface area contributed by atoms with Crippen molar-refractivity contribution in [2.24, 2.45) is 5.41 Å². The van der Waals surface area contributed by atoms with Gasteiger partial charge in [-0.3, -0.25) is 13.9 Å². The Labute approximate surface area is 183 Å². The zero-order valence-corrected chi connectivity index (χ0v) is 19.1. The number of nitrogens with zero attached hydrogens (tertiary/aromatic N) is 4. The van der Waals surface area contributed by atoms with Gasteiger partial charge in [-0.25, -0.2) is 9.50 Å². The van der Waals surface area contributed by atoms with Crippen LogP contribution >= 0.6 is 10.6 Å². The van der Waals surface area contributed by atoms with Crippen molar-refractivity contribution in [1.82, 2.24) is 14.6 Å². The molecule has 9 heteroatoms. The fourth-order valence-corrected chi connectivity index (χ4v) is 4.59. The summed E-state index contributed by atoms with van der Waals surface area (Å²) in [7, 11) is -2.44. The zero-order chi connectivity index (χ0) is 22.4. The van der Waals surface area contributed by atoms with E-state index in [0.717, 1.165) is 34.0 Å². The number of hydrogen-bond acceptors (Lipinski definition) is 6. The van der Waals surface area contributed by atoms with Crippen molar-refractivity contribution >= 4 is 33.6 Å². The molecular formula is C22H29N5O3S. The molecule has 3 aromatic rings. The Balaban J connectivity index is 1.60. The molecule has 3 N–H and O–H groups in total. The van der Waals surface area contributed by atoms with E-state index in [0.29, 0.717) is 24.6 Å². The molecule has 3 heterocycles. The second kappa shape index (κ2) is 7.81. The zero-order valence-electron chi connectivity index (χ0n) is 18.3. The lowest BCUT2D eigenvalue weighted by Gasteiger charge is -2.41. The first-order valence-corrected chi connectivity index (χ1v) is 12.2. The van der Waals surface area contributed by atoms with Crippen LogP contribution in [-0.4, -0.2) is 54.2 Å². The molecule has 0 bridgehead atoms. The molecule has 8 nitrogen and oxygen atoms in total. The third-order valence-corrected chi connectivity index (χ3v) is 7.14. The average Bonchev–Trinajstić information content (AvgIpc) is 3.12. The van der Waals surface area contributed by atoms with Crippen LogP contribution in [0.2, 0.25) is 0 Å². The van der Waals surface area contributed by atoms with Crippen LogP contribution < -0.4 is 10.2 Å². The van der Waals surface area contributed by atoms with Crippen molar-refractivity contribution in [2.75, 3.05) is 34.8 Å². The summed E-state index contributed by atoms with van der Waals surface area (Å²) in [6.45, 7) is 8.76. The lowest BCUT2D eigenvalue weighted by molar-refractivity contribution is -0.123. The van der Waals surface area contributed by atoms with E-state index in [9.17, 15) is 13.9 Å². The van der Waals surface area contributed by atoms with Crippen LogP contribution in [0.3, 0.4) is 0 Å². The Morgan fingerprint density at radius 2 is 1.84 bits per heavy atom. The third kappa shape index (κ3) is 4.68. The summed E-state index contributed by atoms with van der Waals surface area (Å²) in [5, 5.41) is 7.69. The number of hydrogen-bond donors (Lipinski definition) is 3. The van der Waals surface area contributed by atoms with Gasteiger partial charge in [-0.05, 0) is 30.7 Å². The quantitative estimate of drug-likeness (QED) is 0.559. The lowest BCUT2D eigenvalue weighted by Crippen LogP contribution is -2.38. The van der Waals surface area contributed by atoms with E-state index in [-0.39, 0.29) is 5.91 Å². The van der Waals surface area contributed by atoms with Gasteiger partial charge < -0.3 is 10.2 Å². The number of carbonyl (C=O) groups excluding carboxylic acids is 1. The largest absolute Gasteiger partial charge is 0.352 e. The predicted molar refractivity (Wildman–Crippen MR) is 126 cm³/mol. The molecule has 1 fully saturated rings. The summed E-state index contributed by atoms with van der Waals surface area (Å²) in [5.74, 6) is 1.49. The Kier molecular flexibility index (Phi) is 5.45. The van der Waals surface area contributed by atoms with Gasteiger partial charge in [0.15, 0.2) is 5.65 Å². The monoisotopic (exact) mass is 443 g/mol. The first-order chi connectivity index (χ1) is 14.5. The van der Waals surface area contributed by atoms with Crippen LogP contribution in [-0.2, 0) is 4.79 Å². The Morgan fingerprint density at radius 1 is 1.13 bits per heavy atom. The van der Waals surface area contributed by atoms with Crippen LogP contribution in [0.1, 0.15) is 26.3 Å². The molecule has 2 aromatic heterocycles. The summed E-state index contributed by atoms with van der Waals surface area (Å²) < 4.78 is 21.4. The highest BCUT2D eigenvalue weighted by molar-refractivity contribution is 8.24. The number of rotatable bonds is 3. The molecule has 1 amide bonds. The minimum absolute atomic E-state index is 0.0350. The van der Waals surface area contributed by atoms with Gasteiger partial charge in [0.05, 0.1) is 23.4 Å². The van der Waals surface area contributed by atoms with Crippen LogP contribution in [0.15, 0.2) is 36.5 Å². The van der Waals surface area contributed by atoms with Crippen LogP contribution in [0, 0.1) is 12.3 Å². The number of aromatic nitrogens is 3. The van der Waals surface area contributed by atoms with E-state index < -0.39 is 16.0 Å². The summed E-state index contributed by atoms with van der Waals surface area (Å²) >= 11 is 0. The first-order valence-electron chi connectivity index (χ1n) is 10.3. The van der Waals surface area contributed by atoms with Gasteiger partial charge >= 0.3 is 0 Å². The van der Waals surface area contributed by atoms with Gasteiger partial charge in [0, 0.05) is 29.8 Å².